The Bertz CT molecular complexity index is 1990. The second kappa shape index (κ2) is 10.9. The zero-order valence-electron chi connectivity index (χ0n) is 27.7. The van der Waals surface area contributed by atoms with Crippen molar-refractivity contribution in [2.24, 2.45) is 28.1 Å². The van der Waals surface area contributed by atoms with Crippen LogP contribution in [-0.4, -0.2) is 22.5 Å². The van der Waals surface area contributed by atoms with Crippen molar-refractivity contribution in [1.29, 1.82) is 0 Å². The first-order chi connectivity index (χ1) is 23.2. The summed E-state index contributed by atoms with van der Waals surface area (Å²) >= 11 is 0. The third kappa shape index (κ3) is 3.99. The fourth-order valence-corrected chi connectivity index (χ4v) is 9.20. The molecule has 7 heteroatoms. The SMILES string of the molecule is CCc1ccc(OCc2ccccc2)c2c1CC13C=CC1(C2=O)C(=O)C1(C)C(=O)c2c(OCc4ccccc4)noc2C(C(C)C)C1C3. The Morgan fingerprint density at radius 2 is 1.52 bits per heavy atom. The van der Waals surface area contributed by atoms with Crippen molar-refractivity contribution in [3.63, 3.8) is 0 Å². The van der Waals surface area contributed by atoms with Crippen molar-refractivity contribution in [1.82, 2.24) is 5.16 Å². The van der Waals surface area contributed by atoms with Crippen molar-refractivity contribution in [3.05, 3.63) is 124 Å². The number of nitrogens with zero attached hydrogens (tertiary/aromatic N) is 1. The molecule has 244 valence electrons. The van der Waals surface area contributed by atoms with Crippen LogP contribution in [0.2, 0.25) is 0 Å². The lowest BCUT2D eigenvalue weighted by molar-refractivity contribution is -0.151. The van der Waals surface area contributed by atoms with E-state index in [1.807, 2.05) is 72.8 Å². The topological polar surface area (TPSA) is 95.7 Å². The number of hydrogen-bond donors (Lipinski definition) is 0. The normalized spacial score (nSPS) is 28.1. The molecule has 0 amide bonds. The van der Waals surface area contributed by atoms with Gasteiger partial charge in [0, 0.05) is 11.3 Å². The van der Waals surface area contributed by atoms with Gasteiger partial charge in [-0.05, 0) is 71.5 Å². The van der Waals surface area contributed by atoms with Gasteiger partial charge in [-0.25, -0.2) is 0 Å². The van der Waals surface area contributed by atoms with Gasteiger partial charge in [0.25, 0.3) is 5.88 Å². The fraction of sp³-hybridized carbons (Fsp3) is 0.366. The summed E-state index contributed by atoms with van der Waals surface area (Å²) in [5.41, 5.74) is 0.954. The number of Topliss-reactive ketones (excluding diaryl/α,β-unsaturated/α-hetero) is 3. The molecule has 1 saturated carbocycles. The van der Waals surface area contributed by atoms with E-state index in [1.54, 1.807) is 13.0 Å². The largest absolute Gasteiger partial charge is 0.488 e. The average molecular weight is 642 g/mol. The Balaban J connectivity index is 1.22. The van der Waals surface area contributed by atoms with E-state index in [0.717, 1.165) is 28.7 Å². The molecule has 0 spiro atoms. The molecule has 5 atom stereocenters. The minimum absolute atomic E-state index is 0.0348. The smallest absolute Gasteiger partial charge is 0.265 e. The van der Waals surface area contributed by atoms with E-state index < -0.39 is 16.2 Å². The Morgan fingerprint density at radius 1 is 0.854 bits per heavy atom. The molecule has 3 aromatic carbocycles. The van der Waals surface area contributed by atoms with Gasteiger partial charge in [-0.15, -0.1) is 0 Å². The molecule has 0 bridgehead atoms. The summed E-state index contributed by atoms with van der Waals surface area (Å²) in [4.78, 5) is 45.2. The van der Waals surface area contributed by atoms with Crippen LogP contribution in [-0.2, 0) is 30.8 Å². The molecular formula is C41H39NO6. The maximum Gasteiger partial charge on any atom is 0.265 e. The molecule has 4 aromatic rings. The molecule has 1 fully saturated rings. The van der Waals surface area contributed by atoms with Crippen molar-refractivity contribution < 1.29 is 28.4 Å². The highest BCUT2D eigenvalue weighted by Crippen LogP contribution is 2.72. The molecule has 1 heterocycles. The molecule has 0 aliphatic heterocycles. The lowest BCUT2D eigenvalue weighted by Crippen LogP contribution is -2.71. The first-order valence-corrected chi connectivity index (χ1v) is 17.0. The van der Waals surface area contributed by atoms with E-state index in [2.05, 4.69) is 32.0 Å². The Morgan fingerprint density at radius 3 is 2.12 bits per heavy atom. The van der Waals surface area contributed by atoms with Crippen LogP contribution in [0.4, 0.5) is 0 Å². The summed E-state index contributed by atoms with van der Waals surface area (Å²) in [5, 5.41) is 4.25. The summed E-state index contributed by atoms with van der Waals surface area (Å²) in [6.45, 7) is 8.50. The van der Waals surface area contributed by atoms with Crippen molar-refractivity contribution >= 4 is 17.3 Å². The first-order valence-electron chi connectivity index (χ1n) is 17.0. The standard InChI is InChI=1S/C41H39NO6/c1-5-27-16-17-30(46-22-25-12-8-6-9-13-25)32-28(27)20-40-18-19-41(40,36(32)44)38(45)39(4)29(21-40)31(24(2)3)34-33(35(39)43)37(42-48-34)47-23-26-14-10-7-11-15-26/h6-19,24,29,31H,5,20-23H2,1-4H3. The third-order valence-corrected chi connectivity index (χ3v) is 11.7. The van der Waals surface area contributed by atoms with Crippen LogP contribution in [0, 0.1) is 28.1 Å². The van der Waals surface area contributed by atoms with Crippen LogP contribution in [0.15, 0.2) is 89.5 Å². The number of fused-ring (bicyclic) bond motifs is 3. The summed E-state index contributed by atoms with van der Waals surface area (Å²) in [7, 11) is 0. The molecule has 4 aliphatic carbocycles. The summed E-state index contributed by atoms with van der Waals surface area (Å²) in [6.07, 6.45) is 5.62. The second-order valence-corrected chi connectivity index (χ2v) is 14.4. The van der Waals surface area contributed by atoms with Gasteiger partial charge in [0.05, 0.1) is 11.0 Å². The third-order valence-electron chi connectivity index (χ3n) is 11.7. The molecule has 0 saturated heterocycles. The summed E-state index contributed by atoms with van der Waals surface area (Å²) < 4.78 is 18.4. The van der Waals surface area contributed by atoms with Crippen LogP contribution in [0.1, 0.15) is 88.8 Å². The van der Waals surface area contributed by atoms with Crippen LogP contribution < -0.4 is 9.47 Å². The van der Waals surface area contributed by atoms with Crippen LogP contribution >= 0.6 is 0 Å². The Hall–Kier alpha value is -4.78. The monoisotopic (exact) mass is 641 g/mol. The molecule has 4 aliphatic rings. The Kier molecular flexibility index (Phi) is 6.92. The number of ether oxygens (including phenoxy) is 2. The minimum atomic E-state index is -1.48. The quantitative estimate of drug-likeness (QED) is 0.143. The van der Waals surface area contributed by atoms with E-state index in [0.29, 0.717) is 36.5 Å². The molecule has 1 aromatic heterocycles. The number of carbonyl (C=O) groups excluding carboxylic acids is 3. The first kappa shape index (κ1) is 30.5. The fourth-order valence-electron chi connectivity index (χ4n) is 9.20. The molecule has 7 nitrogen and oxygen atoms in total. The van der Waals surface area contributed by atoms with E-state index >= 15 is 9.59 Å². The van der Waals surface area contributed by atoms with Crippen molar-refractivity contribution in [2.45, 2.75) is 66.1 Å². The van der Waals surface area contributed by atoms with E-state index in [9.17, 15) is 4.79 Å². The molecule has 5 unspecified atom stereocenters. The zero-order chi connectivity index (χ0) is 33.4. The number of ketones is 3. The van der Waals surface area contributed by atoms with Gasteiger partial charge in [0.2, 0.25) is 0 Å². The average Bonchev–Trinajstić information content (AvgIpc) is 3.51. The summed E-state index contributed by atoms with van der Waals surface area (Å²) in [5.74, 6) is -0.531. The van der Waals surface area contributed by atoms with Crippen LogP contribution in [0.3, 0.4) is 0 Å². The highest BCUT2D eigenvalue weighted by atomic mass is 16.5. The van der Waals surface area contributed by atoms with E-state index in [4.69, 9.17) is 14.0 Å². The number of hydrogen-bond acceptors (Lipinski definition) is 7. The number of carbonyl (C=O) groups is 3. The van der Waals surface area contributed by atoms with Crippen LogP contribution in [0.25, 0.3) is 0 Å². The molecule has 0 N–H and O–H groups in total. The van der Waals surface area contributed by atoms with Gasteiger partial charge in [-0.2, -0.15) is 0 Å². The summed E-state index contributed by atoms with van der Waals surface area (Å²) in [6, 6.07) is 23.4. The van der Waals surface area contributed by atoms with Crippen molar-refractivity contribution in [2.75, 3.05) is 0 Å². The zero-order valence-corrected chi connectivity index (χ0v) is 27.7. The molecular weight excluding hydrogens is 602 g/mol. The predicted molar refractivity (Wildman–Crippen MR) is 179 cm³/mol. The van der Waals surface area contributed by atoms with Gasteiger partial charge in [-0.3, -0.25) is 14.4 Å². The maximum atomic E-state index is 15.3. The molecule has 0 radical (unpaired) electrons. The second-order valence-electron chi connectivity index (χ2n) is 14.4. The van der Waals surface area contributed by atoms with Gasteiger partial charge < -0.3 is 14.0 Å². The molecule has 48 heavy (non-hydrogen) atoms. The van der Waals surface area contributed by atoms with Crippen molar-refractivity contribution in [3.8, 4) is 11.6 Å². The Labute approximate surface area is 280 Å². The predicted octanol–water partition coefficient (Wildman–Crippen LogP) is 7.91. The molecule has 8 rings (SSSR count). The van der Waals surface area contributed by atoms with Gasteiger partial charge in [0.15, 0.2) is 23.1 Å². The van der Waals surface area contributed by atoms with E-state index in [1.165, 1.54) is 0 Å². The lowest BCUT2D eigenvalue weighted by atomic mass is 9.34. The maximum absolute atomic E-state index is 15.3. The van der Waals surface area contributed by atoms with Gasteiger partial charge >= 0.3 is 0 Å². The number of benzene rings is 3. The number of aryl methyl sites for hydroxylation is 1. The number of aromatic nitrogens is 1. The van der Waals surface area contributed by atoms with Gasteiger partial charge in [-0.1, -0.05) is 99.7 Å². The highest BCUT2D eigenvalue weighted by molar-refractivity contribution is 6.29. The van der Waals surface area contributed by atoms with E-state index in [-0.39, 0.29) is 53.2 Å². The highest BCUT2D eigenvalue weighted by Gasteiger charge is 2.77. The van der Waals surface area contributed by atoms with Crippen LogP contribution in [0.5, 0.6) is 11.6 Å². The van der Waals surface area contributed by atoms with Gasteiger partial charge in [0.1, 0.15) is 29.9 Å². The number of allylic oxidation sites excluding steroid dienone is 2. The minimum Gasteiger partial charge on any atom is -0.488 e. The lowest BCUT2D eigenvalue weighted by Gasteiger charge is -2.64. The number of rotatable bonds is 8.